The van der Waals surface area contributed by atoms with Crippen molar-refractivity contribution in [1.82, 2.24) is 0 Å². The van der Waals surface area contributed by atoms with Gasteiger partial charge in [-0.15, -0.1) is 0 Å². The van der Waals surface area contributed by atoms with E-state index in [1.807, 2.05) is 0 Å². The molecule has 4 aliphatic rings. The van der Waals surface area contributed by atoms with Gasteiger partial charge in [-0.1, -0.05) is 30.7 Å². The van der Waals surface area contributed by atoms with Gasteiger partial charge in [0.2, 0.25) is 0 Å². The number of allylic oxidation sites excluding steroid dienone is 1. The van der Waals surface area contributed by atoms with E-state index in [2.05, 4.69) is 51.6 Å². The third-order valence-corrected chi connectivity index (χ3v) is 10.3. The maximum atomic E-state index is 6.49. The normalized spacial score (nSPS) is 45.1. The molecular weight excluding hydrogens is 374 g/mol. The molecule has 0 aromatic rings. The molecule has 3 unspecified atom stereocenters. The Morgan fingerprint density at radius 1 is 1.03 bits per heavy atom. The van der Waals surface area contributed by atoms with Crippen LogP contribution >= 0.6 is 0 Å². The van der Waals surface area contributed by atoms with E-state index in [1.165, 1.54) is 57.1 Å². The van der Waals surface area contributed by atoms with E-state index >= 15 is 0 Å². The van der Waals surface area contributed by atoms with Crippen LogP contribution < -0.4 is 0 Å². The van der Waals surface area contributed by atoms with Crippen LogP contribution in [0.4, 0.5) is 0 Å². The van der Waals surface area contributed by atoms with E-state index in [1.54, 1.807) is 12.7 Å². The summed E-state index contributed by atoms with van der Waals surface area (Å²) in [6.45, 7) is 14.3. The van der Waals surface area contributed by atoms with E-state index < -0.39 is 8.32 Å². The third kappa shape index (κ3) is 3.67. The number of nitrogens with zero attached hydrogens (tertiary/aromatic N) is 1. The Morgan fingerprint density at radius 3 is 2.48 bits per heavy atom. The molecular formula is C25H43NO2Si. The summed E-state index contributed by atoms with van der Waals surface area (Å²) in [7, 11) is 0.209. The molecule has 3 fully saturated rings. The van der Waals surface area contributed by atoms with Crippen LogP contribution in [0.1, 0.15) is 72.1 Å². The second-order valence-corrected chi connectivity index (χ2v) is 16.4. The molecule has 0 amide bonds. The number of rotatable bonds is 4. The topological polar surface area (TPSA) is 30.8 Å². The van der Waals surface area contributed by atoms with Gasteiger partial charge in [-0.2, -0.15) is 0 Å². The zero-order valence-electron chi connectivity index (χ0n) is 19.9. The van der Waals surface area contributed by atoms with E-state index in [-0.39, 0.29) is 0 Å². The predicted octanol–water partition coefficient (Wildman–Crippen LogP) is 6.81. The summed E-state index contributed by atoms with van der Waals surface area (Å²) < 4.78 is 6.49. The lowest BCUT2D eigenvalue weighted by molar-refractivity contribution is -0.0473. The van der Waals surface area contributed by atoms with Crippen LogP contribution in [-0.2, 0) is 9.26 Å². The molecule has 0 heterocycles. The molecule has 0 aromatic carbocycles. The summed E-state index contributed by atoms with van der Waals surface area (Å²) in [6.07, 6.45) is 13.6. The summed E-state index contributed by atoms with van der Waals surface area (Å²) in [5.41, 5.74) is 3.80. The highest BCUT2D eigenvalue weighted by atomic mass is 28.4. The van der Waals surface area contributed by atoms with Crippen molar-refractivity contribution in [2.24, 2.45) is 39.7 Å². The summed E-state index contributed by atoms with van der Waals surface area (Å²) in [5.74, 6) is 3.24. The zero-order valence-corrected chi connectivity index (χ0v) is 20.9. The molecule has 0 saturated heterocycles. The molecule has 4 rings (SSSR count). The molecule has 7 atom stereocenters. The predicted molar refractivity (Wildman–Crippen MR) is 124 cm³/mol. The second-order valence-electron chi connectivity index (χ2n) is 11.9. The van der Waals surface area contributed by atoms with Crippen LogP contribution in [0.25, 0.3) is 0 Å². The quantitative estimate of drug-likeness (QED) is 0.218. The Balaban J connectivity index is 1.56. The summed E-state index contributed by atoms with van der Waals surface area (Å²) in [5, 5.41) is 4.36. The molecule has 0 radical (unpaired) electrons. The fraction of sp³-hybridized carbons (Fsp3) is 0.880. The number of oxime groups is 1. The van der Waals surface area contributed by atoms with Crippen molar-refractivity contribution in [3.63, 3.8) is 0 Å². The molecule has 0 bridgehead atoms. The molecule has 0 aromatic heterocycles. The molecule has 29 heavy (non-hydrogen) atoms. The Morgan fingerprint density at radius 2 is 1.79 bits per heavy atom. The second kappa shape index (κ2) is 7.51. The summed E-state index contributed by atoms with van der Waals surface area (Å²) in [6, 6.07) is 0. The van der Waals surface area contributed by atoms with Crippen molar-refractivity contribution in [1.29, 1.82) is 0 Å². The van der Waals surface area contributed by atoms with Crippen molar-refractivity contribution < 1.29 is 9.26 Å². The van der Waals surface area contributed by atoms with Gasteiger partial charge in [0.05, 0.1) is 11.8 Å². The Kier molecular flexibility index (Phi) is 5.60. The van der Waals surface area contributed by atoms with Crippen molar-refractivity contribution >= 4 is 14.0 Å². The molecule has 4 heteroatoms. The van der Waals surface area contributed by atoms with Crippen molar-refractivity contribution in [2.45, 2.75) is 97.9 Å². The number of hydrogen-bond acceptors (Lipinski definition) is 3. The molecule has 4 aliphatic carbocycles. The van der Waals surface area contributed by atoms with Crippen LogP contribution in [0, 0.1) is 34.5 Å². The molecule has 0 aliphatic heterocycles. The van der Waals surface area contributed by atoms with Gasteiger partial charge in [0.15, 0.2) is 8.32 Å². The van der Waals surface area contributed by atoms with Gasteiger partial charge in [-0.05, 0) is 107 Å². The van der Waals surface area contributed by atoms with Gasteiger partial charge < -0.3 is 9.26 Å². The minimum absolute atomic E-state index is 0.374. The summed E-state index contributed by atoms with van der Waals surface area (Å²) in [4.78, 5) is 5.15. The van der Waals surface area contributed by atoms with Gasteiger partial charge in [0.25, 0.3) is 0 Å². The average Bonchev–Trinajstić information content (AvgIpc) is 2.98. The molecule has 0 N–H and O–H groups in total. The first-order chi connectivity index (χ1) is 13.6. The highest BCUT2D eigenvalue weighted by Gasteiger charge is 2.59. The Labute approximate surface area is 179 Å². The van der Waals surface area contributed by atoms with Crippen LogP contribution in [0.15, 0.2) is 16.8 Å². The lowest BCUT2D eigenvalue weighted by Gasteiger charge is -2.58. The first kappa shape index (κ1) is 21.6. The minimum Gasteiger partial charge on any atom is -0.411 e. The fourth-order valence-electron chi connectivity index (χ4n) is 8.14. The van der Waals surface area contributed by atoms with Crippen LogP contribution in [0.5, 0.6) is 0 Å². The molecule has 3 nitrogen and oxygen atoms in total. The third-order valence-electron chi connectivity index (χ3n) is 9.32. The number of hydrogen-bond donors (Lipinski definition) is 0. The van der Waals surface area contributed by atoms with E-state index in [4.69, 9.17) is 9.26 Å². The van der Waals surface area contributed by atoms with Gasteiger partial charge >= 0.3 is 0 Å². The Bertz CT molecular complexity index is 695. The van der Waals surface area contributed by atoms with E-state index in [0.29, 0.717) is 22.9 Å². The SMILES string of the molecule is CON=C(C)[C@H]1CCC2C3CCC4=C[C@H](O[Si](C)(C)C)CC[C@]4(C)C3CC[C@@]21C. The molecule has 3 saturated carbocycles. The zero-order chi connectivity index (χ0) is 21.0. The first-order valence-corrected chi connectivity index (χ1v) is 15.5. The van der Waals surface area contributed by atoms with E-state index in [0.717, 1.165) is 17.8 Å². The van der Waals surface area contributed by atoms with Crippen molar-refractivity contribution in [3.05, 3.63) is 11.6 Å². The van der Waals surface area contributed by atoms with Gasteiger partial charge in [-0.3, -0.25) is 0 Å². The maximum absolute atomic E-state index is 6.49. The largest absolute Gasteiger partial charge is 0.411 e. The fourth-order valence-corrected chi connectivity index (χ4v) is 9.23. The van der Waals surface area contributed by atoms with Gasteiger partial charge in [-0.25, -0.2) is 0 Å². The summed E-state index contributed by atoms with van der Waals surface area (Å²) >= 11 is 0. The monoisotopic (exact) mass is 417 g/mol. The van der Waals surface area contributed by atoms with E-state index in [9.17, 15) is 0 Å². The highest BCUT2D eigenvalue weighted by Crippen LogP contribution is 2.66. The van der Waals surface area contributed by atoms with Crippen molar-refractivity contribution in [2.75, 3.05) is 7.11 Å². The number of fused-ring (bicyclic) bond motifs is 5. The van der Waals surface area contributed by atoms with Crippen molar-refractivity contribution in [3.8, 4) is 0 Å². The van der Waals surface area contributed by atoms with Crippen LogP contribution in [-0.4, -0.2) is 27.2 Å². The standard InChI is InChI=1S/C25H43NO2Si/c1-17(26-27-4)21-10-11-22-20-9-8-18-16-19(28-29(5,6)7)12-14-24(18,2)23(20)13-15-25(21,22)3/h16,19-23H,8-15H2,1-7H3/t19-,20?,21-,22?,23?,24+,25-/m1/s1. The first-order valence-electron chi connectivity index (χ1n) is 12.0. The highest BCUT2D eigenvalue weighted by molar-refractivity contribution is 6.69. The molecule has 0 spiro atoms. The molecule has 164 valence electrons. The smallest absolute Gasteiger partial charge is 0.184 e. The van der Waals surface area contributed by atoms with Crippen LogP contribution in [0.2, 0.25) is 19.6 Å². The average molecular weight is 418 g/mol. The minimum atomic E-state index is -1.48. The van der Waals surface area contributed by atoms with Gasteiger partial charge in [0.1, 0.15) is 7.11 Å². The Hall–Kier alpha value is -0.613. The maximum Gasteiger partial charge on any atom is 0.184 e. The lowest BCUT2D eigenvalue weighted by atomic mass is 9.46. The van der Waals surface area contributed by atoms with Gasteiger partial charge in [0, 0.05) is 5.92 Å². The van der Waals surface area contributed by atoms with Crippen LogP contribution in [0.3, 0.4) is 0 Å². The lowest BCUT2D eigenvalue weighted by Crippen LogP contribution is -2.51.